The first kappa shape index (κ1) is 9.02. The summed E-state index contributed by atoms with van der Waals surface area (Å²) < 4.78 is 0. The van der Waals surface area contributed by atoms with Gasteiger partial charge in [-0.05, 0) is 6.58 Å². The molecule has 0 bridgehead atoms. The fourth-order valence-electron chi connectivity index (χ4n) is 0. The van der Waals surface area contributed by atoms with E-state index in [1.807, 2.05) is 0 Å². The fourth-order valence-corrected chi connectivity index (χ4v) is 0. The Labute approximate surface area is 35.2 Å². The van der Waals surface area contributed by atoms with Crippen LogP contribution in [0.25, 0.3) is 0 Å². The molecule has 0 atom stereocenters. The SMILES string of the molecule is C=C=O.[Se]. The summed E-state index contributed by atoms with van der Waals surface area (Å²) in [7, 11) is 0. The van der Waals surface area contributed by atoms with E-state index in [1.165, 1.54) is 5.94 Å². The predicted octanol–water partition coefficient (Wildman–Crippen LogP) is -0.377. The zero-order chi connectivity index (χ0) is 2.71. The minimum absolute atomic E-state index is 0. The van der Waals surface area contributed by atoms with Gasteiger partial charge in [-0.3, -0.25) is 0 Å². The van der Waals surface area contributed by atoms with Crippen molar-refractivity contribution in [1.29, 1.82) is 0 Å². The summed E-state index contributed by atoms with van der Waals surface area (Å²) in [5.41, 5.74) is 0. The van der Waals surface area contributed by atoms with Crippen LogP contribution in [0.1, 0.15) is 0 Å². The van der Waals surface area contributed by atoms with E-state index in [0.717, 1.165) is 0 Å². The normalized spacial score (nSPS) is 2.00. The molecule has 0 spiro atoms. The van der Waals surface area contributed by atoms with Crippen LogP contribution in [-0.2, 0) is 4.79 Å². The molecule has 4 heavy (non-hydrogen) atoms. The Kier molecular flexibility index (Phi) is 27.6. The van der Waals surface area contributed by atoms with Crippen LogP contribution in [0.5, 0.6) is 0 Å². The molecule has 0 saturated heterocycles. The summed E-state index contributed by atoms with van der Waals surface area (Å²) in [6, 6.07) is 0. The van der Waals surface area contributed by atoms with Crippen molar-refractivity contribution in [1.82, 2.24) is 0 Å². The number of hydrogen-bond acceptors (Lipinski definition) is 1. The molecule has 0 saturated carbocycles. The molecule has 0 aliphatic heterocycles. The van der Waals surface area contributed by atoms with Crippen molar-refractivity contribution in [3.63, 3.8) is 0 Å². The molecule has 0 amide bonds. The second-order valence-electron chi connectivity index (χ2n) is 0.144. The second kappa shape index (κ2) is 12.3. The summed E-state index contributed by atoms with van der Waals surface area (Å²) in [4.78, 5) is 8.57. The minimum Gasteiger partial charge on any atom is -0.234 e. The van der Waals surface area contributed by atoms with E-state index < -0.39 is 0 Å². The van der Waals surface area contributed by atoms with Gasteiger partial charge in [-0.2, -0.15) is 0 Å². The molecular formula is C2H2OSe. The van der Waals surface area contributed by atoms with Crippen molar-refractivity contribution in [2.75, 3.05) is 0 Å². The molecule has 0 aliphatic rings. The van der Waals surface area contributed by atoms with Gasteiger partial charge in [0.2, 0.25) is 0 Å². The van der Waals surface area contributed by atoms with Gasteiger partial charge in [-0.1, -0.05) is 0 Å². The fraction of sp³-hybridized carbons (Fsp3) is 0. The molecule has 2 radical (unpaired) electrons. The molecule has 0 aliphatic carbocycles. The van der Waals surface area contributed by atoms with Crippen LogP contribution in [0.15, 0.2) is 6.58 Å². The van der Waals surface area contributed by atoms with Gasteiger partial charge in [0.05, 0.1) is 0 Å². The topological polar surface area (TPSA) is 17.1 Å². The summed E-state index contributed by atoms with van der Waals surface area (Å²) in [5.74, 6) is 1.25. The molecule has 0 fully saturated rings. The molecule has 1 nitrogen and oxygen atoms in total. The molecule has 0 rings (SSSR count). The number of carbonyl (C=O) groups excluding carboxylic acids is 1. The third-order valence-corrected chi connectivity index (χ3v) is 0. The molecule has 22 valence electrons. The van der Waals surface area contributed by atoms with E-state index in [4.69, 9.17) is 4.79 Å². The summed E-state index contributed by atoms with van der Waals surface area (Å²) in [6.07, 6.45) is 0. The maximum Gasteiger partial charge on any atom is 0.116 e. The van der Waals surface area contributed by atoms with Gasteiger partial charge >= 0.3 is 0 Å². The van der Waals surface area contributed by atoms with Gasteiger partial charge in [-0.25, -0.2) is 4.79 Å². The van der Waals surface area contributed by atoms with Crippen LogP contribution in [0.3, 0.4) is 0 Å². The van der Waals surface area contributed by atoms with Crippen molar-refractivity contribution in [3.05, 3.63) is 6.58 Å². The zero-order valence-electron chi connectivity index (χ0n) is 2.02. The third kappa shape index (κ3) is 1990. The molecule has 2 heteroatoms. The van der Waals surface area contributed by atoms with E-state index in [0.29, 0.717) is 0 Å². The zero-order valence-corrected chi connectivity index (χ0v) is 3.74. The second-order valence-corrected chi connectivity index (χ2v) is 0.144. The van der Waals surface area contributed by atoms with Crippen LogP contribution in [-0.4, -0.2) is 23.0 Å². The van der Waals surface area contributed by atoms with E-state index in [9.17, 15) is 0 Å². The Hall–Kier alpha value is -0.0305. The maximum absolute atomic E-state index is 8.57. The summed E-state index contributed by atoms with van der Waals surface area (Å²) in [5, 5.41) is 0. The average Bonchev–Trinajstić information content (AvgIpc) is 0.918. The molecular weight excluding hydrogens is 119 g/mol. The van der Waals surface area contributed by atoms with E-state index in [2.05, 4.69) is 6.58 Å². The average molecular weight is 121 g/mol. The van der Waals surface area contributed by atoms with Gasteiger partial charge in [0.15, 0.2) is 0 Å². The van der Waals surface area contributed by atoms with Crippen LogP contribution < -0.4 is 0 Å². The Balaban J connectivity index is 0. The van der Waals surface area contributed by atoms with Gasteiger partial charge in [0.1, 0.15) is 5.94 Å². The predicted molar refractivity (Wildman–Crippen MR) is 17.1 cm³/mol. The minimum atomic E-state index is 0. The first-order chi connectivity index (χ1) is 1.41. The van der Waals surface area contributed by atoms with Crippen LogP contribution in [0, 0.1) is 0 Å². The molecule has 0 aromatic heterocycles. The Morgan fingerprint density at radius 1 is 1.75 bits per heavy atom. The van der Waals surface area contributed by atoms with E-state index in [-0.39, 0.29) is 17.1 Å². The third-order valence-electron chi connectivity index (χ3n) is 0. The van der Waals surface area contributed by atoms with Gasteiger partial charge in [0, 0.05) is 17.1 Å². The van der Waals surface area contributed by atoms with Crippen LogP contribution in [0.2, 0.25) is 0 Å². The Morgan fingerprint density at radius 3 is 1.75 bits per heavy atom. The first-order valence-electron chi connectivity index (χ1n) is 0.558. The van der Waals surface area contributed by atoms with Crippen molar-refractivity contribution < 1.29 is 4.79 Å². The van der Waals surface area contributed by atoms with Crippen molar-refractivity contribution in [3.8, 4) is 0 Å². The first-order valence-corrected chi connectivity index (χ1v) is 0.558. The van der Waals surface area contributed by atoms with Gasteiger partial charge in [0.25, 0.3) is 0 Å². The smallest absolute Gasteiger partial charge is 0.116 e. The van der Waals surface area contributed by atoms with Crippen molar-refractivity contribution in [2.45, 2.75) is 0 Å². The van der Waals surface area contributed by atoms with Gasteiger partial charge < -0.3 is 0 Å². The molecule has 0 heterocycles. The largest absolute Gasteiger partial charge is 0.234 e. The van der Waals surface area contributed by atoms with Crippen molar-refractivity contribution in [2.24, 2.45) is 0 Å². The van der Waals surface area contributed by atoms with Crippen molar-refractivity contribution >= 4 is 23.0 Å². The molecule has 0 aromatic rings. The standard InChI is InChI=1S/C2H2O.Se/c1-2-3;/h1H2;. The van der Waals surface area contributed by atoms with Crippen LogP contribution in [0.4, 0.5) is 0 Å². The monoisotopic (exact) mass is 122 g/mol. The molecule has 0 unspecified atom stereocenters. The molecule has 0 N–H and O–H groups in total. The quantitative estimate of drug-likeness (QED) is 0.315. The van der Waals surface area contributed by atoms with Crippen LogP contribution >= 0.6 is 0 Å². The van der Waals surface area contributed by atoms with E-state index in [1.54, 1.807) is 0 Å². The molecule has 0 aromatic carbocycles. The number of rotatable bonds is 0. The number of hydrogen-bond donors (Lipinski definition) is 0. The Morgan fingerprint density at radius 2 is 1.75 bits per heavy atom. The maximum atomic E-state index is 8.57. The van der Waals surface area contributed by atoms with E-state index >= 15 is 0 Å². The Bertz CT molecular complexity index is 27.0. The summed E-state index contributed by atoms with van der Waals surface area (Å²) >= 11 is 0. The van der Waals surface area contributed by atoms with Gasteiger partial charge in [-0.15, -0.1) is 0 Å². The summed E-state index contributed by atoms with van der Waals surface area (Å²) in [6.45, 7) is 2.68.